The van der Waals surface area contributed by atoms with E-state index in [0.717, 1.165) is 21.1 Å². The smallest absolute Gasteiger partial charge is 0.123 e. The largest absolute Gasteiger partial charge is 0.496 e. The van der Waals surface area contributed by atoms with Crippen LogP contribution in [0.3, 0.4) is 0 Å². The van der Waals surface area contributed by atoms with Crippen molar-refractivity contribution in [1.82, 2.24) is 0 Å². The Balaban J connectivity index is 2.24. The number of methoxy groups -OCH3 is 1. The van der Waals surface area contributed by atoms with Gasteiger partial charge in [-0.15, -0.1) is 11.3 Å². The first-order chi connectivity index (χ1) is 8.74. The molecule has 0 radical (unpaired) electrons. The molecule has 0 fully saturated rings. The molecule has 3 nitrogen and oxygen atoms in total. The van der Waals surface area contributed by atoms with Crippen molar-refractivity contribution in [3.63, 3.8) is 0 Å². The molecule has 0 aliphatic carbocycles. The second-order valence-electron chi connectivity index (χ2n) is 3.77. The molecular weight excluding hydrogens is 266 g/mol. The highest BCUT2D eigenvalue weighted by atomic mass is 32.2. The molecule has 2 rings (SSSR count). The predicted molar refractivity (Wildman–Crippen MR) is 75.3 cm³/mol. The molecule has 0 bridgehead atoms. The summed E-state index contributed by atoms with van der Waals surface area (Å²) in [6.45, 7) is 0.475. The fraction of sp³-hybridized carbons (Fsp3) is 0.231. The zero-order chi connectivity index (χ0) is 13.0. The van der Waals surface area contributed by atoms with E-state index in [1.165, 1.54) is 11.3 Å². The first-order valence-electron chi connectivity index (χ1n) is 5.52. The van der Waals surface area contributed by atoms with E-state index in [1.54, 1.807) is 7.11 Å². The lowest BCUT2D eigenvalue weighted by molar-refractivity contribution is 0.411. The van der Waals surface area contributed by atoms with Gasteiger partial charge in [0.15, 0.2) is 0 Å². The summed E-state index contributed by atoms with van der Waals surface area (Å²) in [7, 11) is 0.592. The number of ether oxygens (including phenoxy) is 1. The highest BCUT2D eigenvalue weighted by molar-refractivity contribution is 7.86. The second kappa shape index (κ2) is 6.13. The Labute approximate surface area is 113 Å². The maximum atomic E-state index is 12.2. The number of hydrogen-bond acceptors (Lipinski definition) is 4. The number of nitrogens with two attached hydrogens (primary N) is 1. The second-order valence-corrected chi connectivity index (χ2v) is 6.40. The van der Waals surface area contributed by atoms with Crippen LogP contribution in [0, 0.1) is 0 Å². The van der Waals surface area contributed by atoms with E-state index in [1.807, 2.05) is 35.7 Å². The summed E-state index contributed by atoms with van der Waals surface area (Å²) in [4.78, 5) is 0. The zero-order valence-electron chi connectivity index (χ0n) is 10.1. The highest BCUT2D eigenvalue weighted by Gasteiger charge is 2.11. The van der Waals surface area contributed by atoms with Gasteiger partial charge in [0.25, 0.3) is 0 Å². The average Bonchev–Trinajstić information content (AvgIpc) is 2.92. The van der Waals surface area contributed by atoms with E-state index in [0.29, 0.717) is 12.3 Å². The molecule has 1 heterocycles. The molecule has 0 aliphatic rings. The normalized spacial score (nSPS) is 12.3. The number of benzene rings is 1. The summed E-state index contributed by atoms with van der Waals surface area (Å²) in [5, 5.41) is 1.93. The third-order valence-electron chi connectivity index (χ3n) is 2.59. The Bertz CT molecular complexity index is 538. The third-order valence-corrected chi connectivity index (χ3v) is 5.25. The summed E-state index contributed by atoms with van der Waals surface area (Å²) >= 11 is 1.51. The molecule has 0 saturated heterocycles. The lowest BCUT2D eigenvalue weighted by atomic mass is 10.1. The summed E-state index contributed by atoms with van der Waals surface area (Å²) in [5.41, 5.74) is 7.58. The first kappa shape index (κ1) is 13.3. The van der Waals surface area contributed by atoms with Crippen LogP contribution in [-0.4, -0.2) is 11.3 Å². The molecule has 96 valence electrons. The van der Waals surface area contributed by atoms with Crippen molar-refractivity contribution in [3.8, 4) is 5.75 Å². The average molecular weight is 281 g/mol. The quantitative estimate of drug-likeness (QED) is 0.916. The van der Waals surface area contributed by atoms with Gasteiger partial charge in [0.05, 0.1) is 27.9 Å². The maximum absolute atomic E-state index is 12.2. The maximum Gasteiger partial charge on any atom is 0.123 e. The van der Waals surface area contributed by atoms with Gasteiger partial charge < -0.3 is 10.5 Å². The summed E-state index contributed by atoms with van der Waals surface area (Å²) in [6.07, 6.45) is 0. The Kier molecular flexibility index (Phi) is 4.52. The van der Waals surface area contributed by atoms with Crippen molar-refractivity contribution >= 4 is 22.1 Å². The van der Waals surface area contributed by atoms with Crippen LogP contribution in [0.4, 0.5) is 0 Å². The van der Waals surface area contributed by atoms with Gasteiger partial charge in [-0.25, -0.2) is 0 Å². The molecule has 2 aromatic rings. The SMILES string of the molecule is COc1ccc(CN)cc1CS(=O)c1cccs1. The highest BCUT2D eigenvalue weighted by Crippen LogP contribution is 2.24. The molecular formula is C13H15NO2S2. The van der Waals surface area contributed by atoms with Crippen molar-refractivity contribution in [2.24, 2.45) is 5.73 Å². The van der Waals surface area contributed by atoms with Crippen LogP contribution in [0.1, 0.15) is 11.1 Å². The van der Waals surface area contributed by atoms with Gasteiger partial charge in [0.1, 0.15) is 5.75 Å². The van der Waals surface area contributed by atoms with Gasteiger partial charge in [-0.05, 0) is 29.1 Å². The minimum atomic E-state index is -1.03. The Morgan fingerprint density at radius 3 is 2.83 bits per heavy atom. The van der Waals surface area contributed by atoms with Crippen LogP contribution in [-0.2, 0) is 23.1 Å². The van der Waals surface area contributed by atoms with Gasteiger partial charge >= 0.3 is 0 Å². The fourth-order valence-corrected chi connectivity index (χ4v) is 3.78. The van der Waals surface area contributed by atoms with E-state index >= 15 is 0 Å². The van der Waals surface area contributed by atoms with E-state index in [2.05, 4.69) is 0 Å². The van der Waals surface area contributed by atoms with Crippen LogP contribution in [0.5, 0.6) is 5.75 Å². The Morgan fingerprint density at radius 2 is 2.22 bits per heavy atom. The van der Waals surface area contributed by atoms with Crippen molar-refractivity contribution in [2.75, 3.05) is 7.11 Å². The molecule has 18 heavy (non-hydrogen) atoms. The first-order valence-corrected chi connectivity index (χ1v) is 7.72. The molecule has 1 unspecified atom stereocenters. The van der Waals surface area contributed by atoms with Gasteiger partial charge in [-0.2, -0.15) is 0 Å². The number of hydrogen-bond donors (Lipinski definition) is 1. The van der Waals surface area contributed by atoms with Crippen LogP contribution in [0.2, 0.25) is 0 Å². The minimum absolute atomic E-state index is 0.456. The minimum Gasteiger partial charge on any atom is -0.496 e. The predicted octanol–water partition coefficient (Wildman–Crippen LogP) is 2.52. The van der Waals surface area contributed by atoms with Crippen molar-refractivity contribution in [1.29, 1.82) is 0 Å². The topological polar surface area (TPSA) is 52.3 Å². The van der Waals surface area contributed by atoms with E-state index in [9.17, 15) is 4.21 Å². The summed E-state index contributed by atoms with van der Waals surface area (Å²) in [6, 6.07) is 9.56. The van der Waals surface area contributed by atoms with Gasteiger partial charge in [0, 0.05) is 12.1 Å². The summed E-state index contributed by atoms with van der Waals surface area (Å²) < 4.78 is 18.4. The van der Waals surface area contributed by atoms with Gasteiger partial charge in [-0.3, -0.25) is 4.21 Å². The molecule has 1 aromatic heterocycles. The number of rotatable bonds is 5. The lowest BCUT2D eigenvalue weighted by Crippen LogP contribution is -2.02. The fourth-order valence-electron chi connectivity index (χ4n) is 1.68. The molecule has 1 atom stereocenters. The van der Waals surface area contributed by atoms with E-state index < -0.39 is 10.8 Å². The Morgan fingerprint density at radius 1 is 1.39 bits per heavy atom. The van der Waals surface area contributed by atoms with Crippen molar-refractivity contribution in [3.05, 3.63) is 46.8 Å². The van der Waals surface area contributed by atoms with Crippen LogP contribution < -0.4 is 10.5 Å². The molecule has 0 spiro atoms. The number of thiophene rings is 1. The van der Waals surface area contributed by atoms with Gasteiger partial charge in [-0.1, -0.05) is 12.1 Å². The van der Waals surface area contributed by atoms with Crippen LogP contribution in [0.25, 0.3) is 0 Å². The van der Waals surface area contributed by atoms with Crippen molar-refractivity contribution in [2.45, 2.75) is 16.5 Å². The molecule has 0 amide bonds. The van der Waals surface area contributed by atoms with Crippen LogP contribution >= 0.6 is 11.3 Å². The lowest BCUT2D eigenvalue weighted by Gasteiger charge is -2.09. The molecule has 5 heteroatoms. The zero-order valence-corrected chi connectivity index (χ0v) is 11.7. The van der Waals surface area contributed by atoms with Crippen LogP contribution in [0.15, 0.2) is 39.9 Å². The molecule has 0 aliphatic heterocycles. The molecule has 1 aromatic carbocycles. The standard InChI is InChI=1S/C13H15NO2S2/c1-16-12-5-4-10(8-14)7-11(12)9-18(15)13-3-2-6-17-13/h2-7H,8-9,14H2,1H3. The van der Waals surface area contributed by atoms with Gasteiger partial charge in [0.2, 0.25) is 0 Å². The molecule has 0 saturated carbocycles. The van der Waals surface area contributed by atoms with Crippen molar-refractivity contribution < 1.29 is 8.95 Å². The monoisotopic (exact) mass is 281 g/mol. The van der Waals surface area contributed by atoms with E-state index in [4.69, 9.17) is 10.5 Å². The third kappa shape index (κ3) is 2.98. The molecule has 2 N–H and O–H groups in total. The van der Waals surface area contributed by atoms with E-state index in [-0.39, 0.29) is 0 Å². The Hall–Kier alpha value is -1.17. The summed E-state index contributed by atoms with van der Waals surface area (Å²) in [5.74, 6) is 1.22.